The number of hydrogen-bond acceptors (Lipinski definition) is 6. The van der Waals surface area contributed by atoms with Crippen molar-refractivity contribution in [2.45, 2.75) is 18.5 Å². The topological polar surface area (TPSA) is 88.1 Å². The van der Waals surface area contributed by atoms with E-state index < -0.39 is 36.0 Å². The molecule has 0 radical (unpaired) electrons. The molecule has 6 nitrogen and oxygen atoms in total. The largest absolute Gasteiger partial charge is 1.00 e. The minimum Gasteiger partial charge on any atom is -0.865 e. The van der Waals surface area contributed by atoms with Gasteiger partial charge in [-0.15, -0.1) is 0 Å². The van der Waals surface area contributed by atoms with Gasteiger partial charge in [-0.25, -0.2) is 4.79 Å². The maximum absolute atomic E-state index is 11.2. The molecule has 1 fully saturated rings. The second-order valence-electron chi connectivity index (χ2n) is 4.29. The Bertz CT molecular complexity index is 529. The summed E-state index contributed by atoms with van der Waals surface area (Å²) in [6.07, 6.45) is -2.34. The first-order valence-electron chi connectivity index (χ1n) is 5.80. The van der Waals surface area contributed by atoms with Gasteiger partial charge in [-0.3, -0.25) is 0 Å². The quantitative estimate of drug-likeness (QED) is 0.465. The summed E-state index contributed by atoms with van der Waals surface area (Å²) in [5, 5.41) is 20.7. The smallest absolute Gasteiger partial charge is 0.865 e. The third kappa shape index (κ3) is 2.70. The molecule has 1 aromatic rings. The molecule has 0 bridgehead atoms. The van der Waals surface area contributed by atoms with E-state index >= 15 is 0 Å². The summed E-state index contributed by atoms with van der Waals surface area (Å²) in [5.41, 5.74) is 0.820. The van der Waals surface area contributed by atoms with Gasteiger partial charge in [0.2, 0.25) is 0 Å². The van der Waals surface area contributed by atoms with Gasteiger partial charge >= 0.3 is 35.5 Å². The van der Waals surface area contributed by atoms with E-state index in [-0.39, 0.29) is 36.2 Å². The van der Waals surface area contributed by atoms with Gasteiger partial charge in [0.05, 0.1) is 6.61 Å². The van der Waals surface area contributed by atoms with E-state index in [1.165, 1.54) is 0 Å². The molecule has 0 saturated carbocycles. The molecule has 3 rings (SSSR count). The van der Waals surface area contributed by atoms with Crippen molar-refractivity contribution in [2.24, 2.45) is 0 Å². The van der Waals surface area contributed by atoms with Crippen LogP contribution in [0.3, 0.4) is 0 Å². The third-order valence-corrected chi connectivity index (χ3v) is 3.04. The fourth-order valence-electron chi connectivity index (χ4n) is 2.07. The van der Waals surface area contributed by atoms with Crippen molar-refractivity contribution in [2.75, 3.05) is 6.61 Å². The molecule has 1 N–H and O–H groups in total. The fraction of sp³-hybridized carbons (Fsp3) is 0.308. The zero-order valence-corrected chi connectivity index (χ0v) is 12.8. The SMILES string of the molecule is O=C1O[C@H]([C@@H]2COC(c3ccccc3)O2)C(O)=C1[O-].[Na+]. The van der Waals surface area contributed by atoms with Crippen LogP contribution in [0.5, 0.6) is 0 Å². The van der Waals surface area contributed by atoms with E-state index in [0.29, 0.717) is 0 Å². The fourth-order valence-corrected chi connectivity index (χ4v) is 2.07. The molecule has 1 saturated heterocycles. The van der Waals surface area contributed by atoms with Crippen LogP contribution in [0.2, 0.25) is 0 Å². The van der Waals surface area contributed by atoms with E-state index in [1.54, 1.807) is 0 Å². The average Bonchev–Trinajstić information content (AvgIpc) is 3.01. The van der Waals surface area contributed by atoms with Gasteiger partial charge < -0.3 is 24.4 Å². The zero-order valence-electron chi connectivity index (χ0n) is 10.8. The summed E-state index contributed by atoms with van der Waals surface area (Å²) in [6, 6.07) is 9.23. The first-order valence-corrected chi connectivity index (χ1v) is 5.80. The van der Waals surface area contributed by atoms with Gasteiger partial charge in [0.25, 0.3) is 0 Å². The molecule has 1 aromatic carbocycles. The maximum atomic E-state index is 11.2. The molecule has 2 heterocycles. The average molecular weight is 286 g/mol. The minimum absolute atomic E-state index is 0. The summed E-state index contributed by atoms with van der Waals surface area (Å²) >= 11 is 0. The molecule has 2 aliphatic heterocycles. The second kappa shape index (κ2) is 6.15. The number of carbonyl (C=O) groups excluding carboxylic acids is 1. The zero-order chi connectivity index (χ0) is 13.4. The van der Waals surface area contributed by atoms with Crippen LogP contribution < -0.4 is 34.7 Å². The van der Waals surface area contributed by atoms with Crippen LogP contribution >= 0.6 is 0 Å². The number of cyclic esters (lactones) is 1. The number of esters is 1. The Morgan fingerprint density at radius 2 is 1.95 bits per heavy atom. The van der Waals surface area contributed by atoms with Crippen molar-refractivity contribution >= 4 is 5.97 Å². The maximum Gasteiger partial charge on any atom is 1.00 e. The molecule has 2 aliphatic rings. The van der Waals surface area contributed by atoms with E-state index in [9.17, 15) is 15.0 Å². The minimum atomic E-state index is -1.08. The number of hydrogen-bond donors (Lipinski definition) is 1. The van der Waals surface area contributed by atoms with Gasteiger partial charge in [0.15, 0.2) is 12.4 Å². The predicted molar refractivity (Wildman–Crippen MR) is 59.5 cm³/mol. The predicted octanol–water partition coefficient (Wildman–Crippen LogP) is -2.84. The summed E-state index contributed by atoms with van der Waals surface area (Å²) < 4.78 is 15.8. The van der Waals surface area contributed by atoms with Gasteiger partial charge in [-0.2, -0.15) is 0 Å². The molecule has 0 aromatic heterocycles. The molecule has 0 amide bonds. The molecule has 7 heteroatoms. The summed E-state index contributed by atoms with van der Waals surface area (Å²) in [5.74, 6) is -2.70. The van der Waals surface area contributed by atoms with Crippen molar-refractivity contribution in [3.8, 4) is 0 Å². The standard InChI is InChI=1S/C13H12O6.Na/c14-9-10(15)12(16)19-11(9)8-6-17-13(18-8)7-4-2-1-3-5-7;/h1-5,8,11,13-15H,6H2;/q;+1/p-1/t8-,11+,13?;/m0./s1. The van der Waals surface area contributed by atoms with E-state index in [0.717, 1.165) is 5.56 Å². The summed E-state index contributed by atoms with van der Waals surface area (Å²) in [7, 11) is 0. The Kier molecular flexibility index (Phi) is 4.72. The normalized spacial score (nSPS) is 29.2. The van der Waals surface area contributed by atoms with Crippen LogP contribution in [0.4, 0.5) is 0 Å². The van der Waals surface area contributed by atoms with Crippen molar-refractivity contribution in [1.82, 2.24) is 0 Å². The first-order chi connectivity index (χ1) is 9.16. The number of benzene rings is 1. The molecule has 20 heavy (non-hydrogen) atoms. The molecule has 3 atom stereocenters. The van der Waals surface area contributed by atoms with Crippen molar-refractivity contribution < 1.29 is 58.8 Å². The number of carbonyl (C=O) groups is 1. The Labute approximate surface area is 137 Å². The Morgan fingerprint density at radius 1 is 1.25 bits per heavy atom. The van der Waals surface area contributed by atoms with E-state index in [4.69, 9.17) is 14.2 Å². The number of rotatable bonds is 2. The number of aliphatic hydroxyl groups excluding tert-OH is 1. The summed E-state index contributed by atoms with van der Waals surface area (Å²) in [6.45, 7) is 0.134. The van der Waals surface area contributed by atoms with Crippen molar-refractivity contribution in [3.63, 3.8) is 0 Å². The van der Waals surface area contributed by atoms with Crippen LogP contribution in [0, 0.1) is 0 Å². The Morgan fingerprint density at radius 3 is 2.55 bits per heavy atom. The van der Waals surface area contributed by atoms with Crippen LogP contribution in [0.1, 0.15) is 11.9 Å². The molecule has 0 spiro atoms. The molecular formula is C13H11NaO6. The van der Waals surface area contributed by atoms with Crippen molar-refractivity contribution in [1.29, 1.82) is 0 Å². The Balaban J connectivity index is 0.00000147. The molecule has 100 valence electrons. The van der Waals surface area contributed by atoms with Gasteiger partial charge in [-0.05, 0) is 0 Å². The van der Waals surface area contributed by atoms with Gasteiger partial charge in [0, 0.05) is 11.3 Å². The van der Waals surface area contributed by atoms with Crippen molar-refractivity contribution in [3.05, 3.63) is 47.4 Å². The van der Waals surface area contributed by atoms with Gasteiger partial charge in [0.1, 0.15) is 11.9 Å². The summed E-state index contributed by atoms with van der Waals surface area (Å²) in [4.78, 5) is 11.1. The van der Waals surface area contributed by atoms with Gasteiger partial charge in [-0.1, -0.05) is 30.3 Å². The van der Waals surface area contributed by atoms with Crippen LogP contribution in [0.25, 0.3) is 0 Å². The number of ether oxygens (including phenoxy) is 3. The van der Waals surface area contributed by atoms with Crippen LogP contribution in [0.15, 0.2) is 41.9 Å². The second-order valence-corrected chi connectivity index (χ2v) is 4.29. The van der Waals surface area contributed by atoms with E-state index in [1.807, 2.05) is 30.3 Å². The molecular weight excluding hydrogens is 275 g/mol. The molecule has 0 aliphatic carbocycles. The Hall–Kier alpha value is -1.05. The van der Waals surface area contributed by atoms with Crippen LogP contribution in [-0.2, 0) is 19.0 Å². The van der Waals surface area contributed by atoms with Crippen LogP contribution in [-0.4, -0.2) is 29.9 Å². The third-order valence-electron chi connectivity index (χ3n) is 3.04. The van der Waals surface area contributed by atoms with E-state index in [2.05, 4.69) is 0 Å². The monoisotopic (exact) mass is 286 g/mol. The number of aliphatic hydroxyl groups is 1. The molecule has 1 unspecified atom stereocenters. The first kappa shape index (κ1) is 15.3.